The summed E-state index contributed by atoms with van der Waals surface area (Å²) in [6.45, 7) is 2.43. The van der Waals surface area contributed by atoms with Gasteiger partial charge in [-0.2, -0.15) is 0 Å². The van der Waals surface area contributed by atoms with E-state index in [0.717, 1.165) is 38.0 Å². The molecule has 1 fully saturated rings. The van der Waals surface area contributed by atoms with Crippen LogP contribution in [0.5, 0.6) is 0 Å². The quantitative estimate of drug-likeness (QED) is 0.358. The number of nitrogens with two attached hydrogens (primary N) is 1. The van der Waals surface area contributed by atoms with E-state index in [1.807, 2.05) is 6.92 Å². The van der Waals surface area contributed by atoms with E-state index in [4.69, 9.17) is 5.73 Å². The number of carbonyl (C=O) groups is 1. The Hall–Kier alpha value is -2.20. The average Bonchev–Trinajstić information content (AvgIpc) is 2.57. The highest BCUT2D eigenvalue weighted by molar-refractivity contribution is 7.90. The molecule has 27 heavy (non-hydrogen) atoms. The van der Waals surface area contributed by atoms with Crippen molar-refractivity contribution < 1.29 is 18.1 Å². The molecule has 150 valence electrons. The maximum Gasteiger partial charge on any atom is 0.293 e. The summed E-state index contributed by atoms with van der Waals surface area (Å²) in [6, 6.07) is 3.69. The van der Waals surface area contributed by atoms with Crippen molar-refractivity contribution in [1.29, 1.82) is 0 Å². The zero-order chi connectivity index (χ0) is 20.2. The molecule has 1 amide bonds. The normalized spacial score (nSPS) is 22.9. The first kappa shape index (κ1) is 21.1. The molecule has 10 heteroatoms. The van der Waals surface area contributed by atoms with Gasteiger partial charge in [0.1, 0.15) is 5.69 Å². The van der Waals surface area contributed by atoms with Crippen molar-refractivity contribution in [1.82, 2.24) is 5.32 Å². The molecule has 1 aliphatic rings. The van der Waals surface area contributed by atoms with Crippen molar-refractivity contribution in [2.75, 3.05) is 24.7 Å². The van der Waals surface area contributed by atoms with E-state index in [0.29, 0.717) is 0 Å². The second-order valence-corrected chi connectivity index (χ2v) is 9.25. The van der Waals surface area contributed by atoms with E-state index in [2.05, 4.69) is 10.6 Å². The molecular formula is C17H26N4O5S. The SMILES string of the molecule is CC1(N)CCCCC1C(=O)NCCNc1ccc(S(C)(=O)=O)cc1[N+](=O)[O-]. The molecule has 1 aromatic carbocycles. The van der Waals surface area contributed by atoms with Gasteiger partial charge >= 0.3 is 0 Å². The highest BCUT2D eigenvalue weighted by atomic mass is 32.2. The van der Waals surface area contributed by atoms with Crippen LogP contribution in [0.25, 0.3) is 0 Å². The Balaban J connectivity index is 1.95. The van der Waals surface area contributed by atoms with Crippen LogP contribution in [0, 0.1) is 16.0 Å². The van der Waals surface area contributed by atoms with Crippen molar-refractivity contribution in [2.45, 2.75) is 43.0 Å². The van der Waals surface area contributed by atoms with Crippen molar-refractivity contribution >= 4 is 27.1 Å². The third-order valence-corrected chi connectivity index (χ3v) is 6.01. The molecule has 0 bridgehead atoms. The minimum absolute atomic E-state index is 0.108. The first-order chi connectivity index (χ1) is 12.5. The van der Waals surface area contributed by atoms with Gasteiger partial charge in [-0.1, -0.05) is 12.8 Å². The van der Waals surface area contributed by atoms with Gasteiger partial charge < -0.3 is 16.4 Å². The lowest BCUT2D eigenvalue weighted by Gasteiger charge is -2.37. The molecule has 2 atom stereocenters. The summed E-state index contributed by atoms with van der Waals surface area (Å²) >= 11 is 0. The standard InChI is InChI=1S/C17H26N4O5S/c1-17(18)8-4-3-5-13(17)16(22)20-10-9-19-14-7-6-12(27(2,25)26)11-15(14)21(23)24/h6-7,11,13,19H,3-5,8-10,18H2,1-2H3,(H,20,22). The average molecular weight is 398 g/mol. The van der Waals surface area contributed by atoms with E-state index < -0.39 is 20.3 Å². The number of anilines is 1. The fraction of sp³-hybridized carbons (Fsp3) is 0.588. The lowest BCUT2D eigenvalue weighted by Crippen LogP contribution is -2.53. The summed E-state index contributed by atoms with van der Waals surface area (Å²) in [5, 5.41) is 16.9. The Morgan fingerprint density at radius 3 is 2.67 bits per heavy atom. The Morgan fingerprint density at radius 2 is 2.07 bits per heavy atom. The minimum Gasteiger partial charge on any atom is -0.378 e. The number of nitro groups is 1. The number of nitrogens with one attached hydrogen (secondary N) is 2. The number of hydrogen-bond donors (Lipinski definition) is 3. The van der Waals surface area contributed by atoms with Gasteiger partial charge in [-0.05, 0) is 31.9 Å². The maximum absolute atomic E-state index is 12.4. The molecule has 1 saturated carbocycles. The number of nitrogens with zero attached hydrogens (tertiary/aromatic N) is 1. The molecule has 0 saturated heterocycles. The van der Waals surface area contributed by atoms with Gasteiger partial charge in [0.2, 0.25) is 5.91 Å². The van der Waals surface area contributed by atoms with Crippen LogP contribution in [-0.4, -0.2) is 44.1 Å². The molecule has 0 aliphatic heterocycles. The molecule has 2 unspecified atom stereocenters. The summed E-state index contributed by atoms with van der Waals surface area (Å²) in [5.74, 6) is -0.349. The van der Waals surface area contributed by atoms with Crippen LogP contribution >= 0.6 is 0 Å². The number of benzene rings is 1. The van der Waals surface area contributed by atoms with Crippen LogP contribution in [0.15, 0.2) is 23.1 Å². The second-order valence-electron chi connectivity index (χ2n) is 7.23. The maximum atomic E-state index is 12.4. The first-order valence-electron chi connectivity index (χ1n) is 8.81. The van der Waals surface area contributed by atoms with E-state index in [1.54, 1.807) is 0 Å². The molecule has 1 aromatic rings. The van der Waals surface area contributed by atoms with E-state index in [9.17, 15) is 23.3 Å². The monoisotopic (exact) mass is 398 g/mol. The summed E-state index contributed by atoms with van der Waals surface area (Å²) in [4.78, 5) is 22.8. The third-order valence-electron chi connectivity index (χ3n) is 4.90. The molecule has 0 spiro atoms. The Bertz CT molecular complexity index is 823. The third kappa shape index (κ3) is 5.39. The fourth-order valence-electron chi connectivity index (χ4n) is 3.34. The van der Waals surface area contributed by atoms with Gasteiger partial charge in [-0.15, -0.1) is 0 Å². The van der Waals surface area contributed by atoms with Crippen molar-refractivity contribution in [3.05, 3.63) is 28.3 Å². The van der Waals surface area contributed by atoms with Crippen LogP contribution in [0.2, 0.25) is 0 Å². The number of hydrogen-bond acceptors (Lipinski definition) is 7. The topological polar surface area (TPSA) is 144 Å². The minimum atomic E-state index is -3.54. The smallest absolute Gasteiger partial charge is 0.293 e. The van der Waals surface area contributed by atoms with Gasteiger partial charge in [-0.3, -0.25) is 14.9 Å². The number of carbonyl (C=O) groups excluding carboxylic acids is 1. The molecule has 9 nitrogen and oxygen atoms in total. The Kier molecular flexibility index (Phi) is 6.42. The summed E-state index contributed by atoms with van der Waals surface area (Å²) in [7, 11) is -3.54. The van der Waals surface area contributed by atoms with Crippen molar-refractivity contribution in [3.8, 4) is 0 Å². The van der Waals surface area contributed by atoms with E-state index in [1.165, 1.54) is 12.1 Å². The highest BCUT2D eigenvalue weighted by Crippen LogP contribution is 2.31. The van der Waals surface area contributed by atoms with Crippen molar-refractivity contribution in [3.63, 3.8) is 0 Å². The predicted molar refractivity (Wildman–Crippen MR) is 102 cm³/mol. The van der Waals surface area contributed by atoms with Gasteiger partial charge in [0, 0.05) is 31.0 Å². The zero-order valence-corrected chi connectivity index (χ0v) is 16.3. The Morgan fingerprint density at radius 1 is 1.37 bits per heavy atom. The summed E-state index contributed by atoms with van der Waals surface area (Å²) < 4.78 is 23.1. The molecule has 2 rings (SSSR count). The number of amides is 1. The summed E-state index contributed by atoms with van der Waals surface area (Å²) in [6.07, 6.45) is 4.55. The van der Waals surface area contributed by atoms with Gasteiger partial charge in [-0.25, -0.2) is 8.42 Å². The summed E-state index contributed by atoms with van der Waals surface area (Å²) in [5.41, 5.74) is 5.57. The Labute approximate surface area is 158 Å². The largest absolute Gasteiger partial charge is 0.378 e. The van der Waals surface area contributed by atoms with Gasteiger partial charge in [0.25, 0.3) is 5.69 Å². The number of rotatable bonds is 7. The predicted octanol–water partition coefficient (Wildman–Crippen LogP) is 1.43. The highest BCUT2D eigenvalue weighted by Gasteiger charge is 2.37. The van der Waals surface area contributed by atoms with Crippen LogP contribution < -0.4 is 16.4 Å². The zero-order valence-electron chi connectivity index (χ0n) is 15.5. The fourth-order valence-corrected chi connectivity index (χ4v) is 3.98. The van der Waals surface area contributed by atoms with Crippen LogP contribution in [-0.2, 0) is 14.6 Å². The van der Waals surface area contributed by atoms with Crippen LogP contribution in [0.1, 0.15) is 32.6 Å². The van der Waals surface area contributed by atoms with Gasteiger partial charge in [0.05, 0.1) is 15.7 Å². The number of nitro benzene ring substituents is 1. The van der Waals surface area contributed by atoms with Crippen LogP contribution in [0.3, 0.4) is 0 Å². The molecule has 0 radical (unpaired) electrons. The number of sulfone groups is 1. The molecule has 4 N–H and O–H groups in total. The molecular weight excluding hydrogens is 372 g/mol. The molecule has 1 aliphatic carbocycles. The second kappa shape index (κ2) is 8.22. The van der Waals surface area contributed by atoms with E-state index in [-0.39, 0.29) is 41.2 Å². The van der Waals surface area contributed by atoms with Crippen molar-refractivity contribution in [2.24, 2.45) is 11.7 Å². The van der Waals surface area contributed by atoms with Gasteiger partial charge in [0.15, 0.2) is 9.84 Å². The lowest BCUT2D eigenvalue weighted by molar-refractivity contribution is -0.384. The van der Waals surface area contributed by atoms with Crippen LogP contribution in [0.4, 0.5) is 11.4 Å². The van der Waals surface area contributed by atoms with E-state index >= 15 is 0 Å². The molecule has 0 heterocycles. The molecule has 0 aromatic heterocycles. The lowest BCUT2D eigenvalue weighted by atomic mass is 9.74. The first-order valence-corrected chi connectivity index (χ1v) is 10.7.